The van der Waals surface area contributed by atoms with Gasteiger partial charge in [-0.1, -0.05) is 0 Å². The molecule has 20 heavy (non-hydrogen) atoms. The van der Waals surface area contributed by atoms with Crippen LogP contribution in [0.1, 0.15) is 29.9 Å². The summed E-state index contributed by atoms with van der Waals surface area (Å²) in [4.78, 5) is 7.28. The van der Waals surface area contributed by atoms with E-state index in [0.717, 1.165) is 23.5 Å². The van der Waals surface area contributed by atoms with Gasteiger partial charge in [0.1, 0.15) is 5.69 Å². The van der Waals surface area contributed by atoms with Crippen LogP contribution in [0, 0.1) is 6.92 Å². The van der Waals surface area contributed by atoms with Gasteiger partial charge in [0.15, 0.2) is 0 Å². The zero-order chi connectivity index (χ0) is 14.9. The quantitative estimate of drug-likeness (QED) is 0.942. The van der Waals surface area contributed by atoms with Crippen LogP contribution in [0.4, 0.5) is 19.1 Å². The van der Waals surface area contributed by atoms with Crippen LogP contribution in [0.25, 0.3) is 0 Å². The van der Waals surface area contributed by atoms with Gasteiger partial charge in [-0.2, -0.15) is 18.3 Å². The average molecular weight is 285 g/mol. The Morgan fingerprint density at radius 2 is 2.05 bits per heavy atom. The van der Waals surface area contributed by atoms with Gasteiger partial charge in [0.05, 0.1) is 12.2 Å². The van der Waals surface area contributed by atoms with Crippen LogP contribution in [0.5, 0.6) is 0 Å². The minimum Gasteiger partial charge on any atom is -0.348 e. The third kappa shape index (κ3) is 2.89. The van der Waals surface area contributed by atoms with Crippen molar-refractivity contribution in [3.8, 4) is 0 Å². The molecule has 2 heterocycles. The van der Waals surface area contributed by atoms with Gasteiger partial charge >= 0.3 is 6.18 Å². The molecule has 0 aromatic carbocycles. The highest BCUT2D eigenvalue weighted by Gasteiger charge is 2.32. The maximum absolute atomic E-state index is 12.6. The van der Waals surface area contributed by atoms with Crippen molar-refractivity contribution in [1.29, 1.82) is 0 Å². The van der Waals surface area contributed by atoms with E-state index in [1.807, 2.05) is 13.8 Å². The molecule has 0 saturated carbocycles. The Hall–Kier alpha value is -2.12. The summed E-state index contributed by atoms with van der Waals surface area (Å²) in [6.45, 7) is 3.70. The van der Waals surface area contributed by atoms with Gasteiger partial charge in [0.2, 0.25) is 5.95 Å². The lowest BCUT2D eigenvalue weighted by Crippen LogP contribution is -2.14. The molecule has 8 heteroatoms. The van der Waals surface area contributed by atoms with E-state index in [-0.39, 0.29) is 12.0 Å². The second-order valence-corrected chi connectivity index (χ2v) is 4.44. The predicted octanol–water partition coefficient (Wildman–Crippen LogP) is 2.71. The predicted molar refractivity (Wildman–Crippen MR) is 67.0 cm³/mol. The summed E-state index contributed by atoms with van der Waals surface area (Å²) in [7, 11) is 1.80. The van der Waals surface area contributed by atoms with Crippen molar-refractivity contribution in [1.82, 2.24) is 19.7 Å². The van der Waals surface area contributed by atoms with Gasteiger partial charge in [0, 0.05) is 24.5 Å². The van der Waals surface area contributed by atoms with Gasteiger partial charge in [-0.25, -0.2) is 9.97 Å². The van der Waals surface area contributed by atoms with Gasteiger partial charge in [-0.05, 0) is 19.9 Å². The lowest BCUT2D eigenvalue weighted by molar-refractivity contribution is -0.141. The maximum atomic E-state index is 12.6. The molecule has 0 radical (unpaired) electrons. The normalized spacial score (nSPS) is 13.3. The second-order valence-electron chi connectivity index (χ2n) is 4.44. The van der Waals surface area contributed by atoms with Crippen LogP contribution in [0.2, 0.25) is 0 Å². The Balaban J connectivity index is 2.20. The van der Waals surface area contributed by atoms with Crippen LogP contribution in [0.15, 0.2) is 18.5 Å². The zero-order valence-electron chi connectivity index (χ0n) is 11.2. The molecule has 0 spiro atoms. The number of hydrogen-bond donors (Lipinski definition) is 1. The third-order valence-corrected chi connectivity index (χ3v) is 3.03. The third-order valence-electron chi connectivity index (χ3n) is 3.03. The van der Waals surface area contributed by atoms with Crippen molar-refractivity contribution in [3.63, 3.8) is 0 Å². The van der Waals surface area contributed by atoms with Crippen LogP contribution < -0.4 is 5.32 Å². The molecule has 0 bridgehead atoms. The minimum absolute atomic E-state index is 0.0596. The summed E-state index contributed by atoms with van der Waals surface area (Å²) in [5, 5.41) is 6.94. The minimum atomic E-state index is -4.48. The molecule has 5 nitrogen and oxygen atoms in total. The Bertz CT molecular complexity index is 605. The molecule has 0 aliphatic rings. The van der Waals surface area contributed by atoms with Crippen molar-refractivity contribution < 1.29 is 13.2 Å². The fourth-order valence-electron chi connectivity index (χ4n) is 1.80. The van der Waals surface area contributed by atoms with Gasteiger partial charge < -0.3 is 5.32 Å². The standard InChI is InChI=1S/C12H14F3N5/c1-7(9-6-17-20(3)8(9)2)18-11-16-5-4-10(19-11)12(13,14)15/h4-7H,1-3H3,(H,16,18,19)/t7-/m0/s1. The zero-order valence-corrected chi connectivity index (χ0v) is 11.2. The smallest absolute Gasteiger partial charge is 0.348 e. The van der Waals surface area contributed by atoms with Crippen molar-refractivity contribution in [2.75, 3.05) is 5.32 Å². The number of hydrogen-bond acceptors (Lipinski definition) is 4. The van der Waals surface area contributed by atoms with Crippen molar-refractivity contribution in [3.05, 3.63) is 35.4 Å². The number of rotatable bonds is 3. The highest BCUT2D eigenvalue weighted by Crippen LogP contribution is 2.28. The molecule has 0 saturated heterocycles. The molecule has 1 atom stereocenters. The summed E-state index contributed by atoms with van der Waals surface area (Å²) >= 11 is 0. The number of aryl methyl sites for hydroxylation is 1. The Kier molecular flexibility index (Phi) is 3.65. The van der Waals surface area contributed by atoms with E-state index in [4.69, 9.17) is 0 Å². The summed E-state index contributed by atoms with van der Waals surface area (Å²) in [5.74, 6) is -0.0596. The number of nitrogens with one attached hydrogen (secondary N) is 1. The first kappa shape index (κ1) is 14.3. The Labute approximate surface area is 113 Å². The van der Waals surface area contributed by atoms with Crippen molar-refractivity contribution in [2.45, 2.75) is 26.1 Å². The molecular weight excluding hydrogens is 271 g/mol. The summed E-state index contributed by atoms with van der Waals surface area (Å²) in [5.41, 5.74) is 0.843. The lowest BCUT2D eigenvalue weighted by Gasteiger charge is -2.14. The highest BCUT2D eigenvalue weighted by atomic mass is 19.4. The van der Waals surface area contributed by atoms with Crippen molar-refractivity contribution >= 4 is 5.95 Å². The van der Waals surface area contributed by atoms with Gasteiger partial charge in [-0.15, -0.1) is 0 Å². The van der Waals surface area contributed by atoms with Crippen LogP contribution >= 0.6 is 0 Å². The number of aromatic nitrogens is 4. The number of alkyl halides is 3. The van der Waals surface area contributed by atoms with Crippen LogP contribution in [-0.4, -0.2) is 19.7 Å². The Morgan fingerprint density at radius 3 is 2.60 bits per heavy atom. The molecule has 1 N–H and O–H groups in total. The number of anilines is 1. The van der Waals surface area contributed by atoms with E-state index < -0.39 is 11.9 Å². The van der Waals surface area contributed by atoms with E-state index in [0.29, 0.717) is 0 Å². The van der Waals surface area contributed by atoms with E-state index >= 15 is 0 Å². The molecule has 0 aliphatic carbocycles. The molecule has 2 aromatic heterocycles. The summed E-state index contributed by atoms with van der Waals surface area (Å²) in [6, 6.07) is 0.595. The first-order chi connectivity index (χ1) is 9.29. The van der Waals surface area contributed by atoms with E-state index in [9.17, 15) is 13.2 Å². The second kappa shape index (κ2) is 5.10. The summed E-state index contributed by atoms with van der Waals surface area (Å²) < 4.78 is 39.4. The van der Waals surface area contributed by atoms with Crippen LogP contribution in [0.3, 0.4) is 0 Å². The largest absolute Gasteiger partial charge is 0.433 e. The fraction of sp³-hybridized carbons (Fsp3) is 0.417. The van der Waals surface area contributed by atoms with E-state index in [1.165, 1.54) is 0 Å². The van der Waals surface area contributed by atoms with E-state index in [2.05, 4.69) is 20.4 Å². The van der Waals surface area contributed by atoms with Crippen molar-refractivity contribution in [2.24, 2.45) is 7.05 Å². The first-order valence-electron chi connectivity index (χ1n) is 5.94. The lowest BCUT2D eigenvalue weighted by atomic mass is 10.1. The fourth-order valence-corrected chi connectivity index (χ4v) is 1.80. The average Bonchev–Trinajstić information content (AvgIpc) is 2.69. The molecule has 0 amide bonds. The summed E-state index contributed by atoms with van der Waals surface area (Å²) in [6.07, 6.45) is -1.73. The highest BCUT2D eigenvalue weighted by molar-refractivity contribution is 5.33. The molecule has 108 valence electrons. The topological polar surface area (TPSA) is 55.6 Å². The molecule has 2 aromatic rings. The van der Waals surface area contributed by atoms with Crippen LogP contribution in [-0.2, 0) is 13.2 Å². The number of halogens is 3. The Morgan fingerprint density at radius 1 is 1.35 bits per heavy atom. The molecule has 0 fully saturated rings. The molecule has 0 unspecified atom stereocenters. The van der Waals surface area contributed by atoms with Gasteiger partial charge in [-0.3, -0.25) is 4.68 Å². The molecular formula is C12H14F3N5. The van der Waals surface area contributed by atoms with E-state index in [1.54, 1.807) is 17.9 Å². The van der Waals surface area contributed by atoms with Gasteiger partial charge in [0.25, 0.3) is 0 Å². The maximum Gasteiger partial charge on any atom is 0.433 e. The number of nitrogens with zero attached hydrogens (tertiary/aromatic N) is 4. The first-order valence-corrected chi connectivity index (χ1v) is 5.94. The molecule has 2 rings (SSSR count). The monoisotopic (exact) mass is 285 g/mol. The molecule has 0 aliphatic heterocycles. The SMILES string of the molecule is Cc1c([C@H](C)Nc2nccc(C(F)(F)F)n2)cnn1C.